The van der Waals surface area contributed by atoms with Gasteiger partial charge < -0.3 is 0 Å². The Morgan fingerprint density at radius 3 is 1.30 bits per heavy atom. The Morgan fingerprint density at radius 2 is 0.926 bits per heavy atom. The Hall–Kier alpha value is -2.84. The van der Waals surface area contributed by atoms with E-state index in [1.54, 1.807) is 61.5 Å². The molecule has 0 aliphatic rings. The Bertz CT molecular complexity index is 1060. The van der Waals surface area contributed by atoms with E-state index in [-0.39, 0.29) is 9.79 Å². The maximum atomic E-state index is 12.5. The van der Waals surface area contributed by atoms with Gasteiger partial charge in [0.1, 0.15) is 0 Å². The number of rotatable bonds is 6. The average Bonchev–Trinajstić information content (AvgIpc) is 2.66. The largest absolute Gasteiger partial charge is 0.279 e. The first-order valence-corrected chi connectivity index (χ1v) is 11.0. The highest BCUT2D eigenvalue weighted by molar-refractivity contribution is 7.93. The van der Waals surface area contributed by atoms with Crippen LogP contribution in [0.1, 0.15) is 5.56 Å². The first-order chi connectivity index (χ1) is 12.8. The third-order valence-electron chi connectivity index (χ3n) is 3.93. The van der Waals surface area contributed by atoms with E-state index in [1.807, 2.05) is 0 Å². The van der Waals surface area contributed by atoms with Gasteiger partial charge in [0.05, 0.1) is 21.2 Å². The van der Waals surface area contributed by atoms with Gasteiger partial charge in [0.15, 0.2) is 0 Å². The lowest BCUT2D eigenvalue weighted by molar-refractivity contribution is 0.599. The van der Waals surface area contributed by atoms with Crippen LogP contribution in [-0.2, 0) is 20.0 Å². The van der Waals surface area contributed by atoms with Crippen molar-refractivity contribution in [3.05, 3.63) is 84.4 Å². The smallest absolute Gasteiger partial charge is 0.261 e. The Morgan fingerprint density at radius 1 is 0.556 bits per heavy atom. The molecule has 0 aliphatic heterocycles. The van der Waals surface area contributed by atoms with E-state index in [9.17, 15) is 16.8 Å². The summed E-state index contributed by atoms with van der Waals surface area (Å²) in [5.74, 6) is 0. The molecule has 0 unspecified atom stereocenters. The molecule has 0 aromatic heterocycles. The molecule has 3 aromatic carbocycles. The van der Waals surface area contributed by atoms with Gasteiger partial charge in [-0.1, -0.05) is 42.5 Å². The van der Waals surface area contributed by atoms with Crippen LogP contribution in [0.5, 0.6) is 0 Å². The Labute approximate surface area is 159 Å². The number of anilines is 2. The van der Waals surface area contributed by atoms with Crippen LogP contribution in [0.25, 0.3) is 0 Å². The van der Waals surface area contributed by atoms with Gasteiger partial charge in [0, 0.05) is 0 Å². The van der Waals surface area contributed by atoms with Crippen LogP contribution >= 0.6 is 0 Å². The average molecular weight is 402 g/mol. The molecule has 0 saturated heterocycles. The Balaban J connectivity index is 1.91. The molecule has 0 spiro atoms. The van der Waals surface area contributed by atoms with E-state index >= 15 is 0 Å². The predicted octanol–water partition coefficient (Wildman–Crippen LogP) is 3.60. The maximum absolute atomic E-state index is 12.5. The van der Waals surface area contributed by atoms with Gasteiger partial charge in [-0.05, 0) is 48.9 Å². The summed E-state index contributed by atoms with van der Waals surface area (Å²) in [4.78, 5) is 0.249. The van der Waals surface area contributed by atoms with Crippen molar-refractivity contribution in [3.8, 4) is 0 Å². The van der Waals surface area contributed by atoms with Crippen molar-refractivity contribution in [2.75, 3.05) is 9.44 Å². The molecule has 0 bridgehead atoms. The van der Waals surface area contributed by atoms with Gasteiger partial charge in [0.25, 0.3) is 20.0 Å². The van der Waals surface area contributed by atoms with E-state index < -0.39 is 20.0 Å². The van der Waals surface area contributed by atoms with Crippen LogP contribution in [0, 0.1) is 6.92 Å². The zero-order valence-corrected chi connectivity index (χ0v) is 16.1. The normalized spacial score (nSPS) is 11.7. The minimum absolute atomic E-state index is 0.125. The molecule has 3 aromatic rings. The first kappa shape index (κ1) is 18.9. The molecule has 0 amide bonds. The number of sulfonamides is 2. The van der Waals surface area contributed by atoms with Crippen LogP contribution < -0.4 is 9.44 Å². The van der Waals surface area contributed by atoms with E-state index in [4.69, 9.17) is 0 Å². The minimum atomic E-state index is -3.78. The van der Waals surface area contributed by atoms with E-state index in [2.05, 4.69) is 9.44 Å². The summed E-state index contributed by atoms with van der Waals surface area (Å²) in [5, 5.41) is 0. The second kappa shape index (κ2) is 7.42. The summed E-state index contributed by atoms with van der Waals surface area (Å²) in [6.07, 6.45) is 0. The molecule has 140 valence electrons. The maximum Gasteiger partial charge on any atom is 0.261 e. The highest BCUT2D eigenvalue weighted by Crippen LogP contribution is 2.27. The molecule has 0 fully saturated rings. The first-order valence-electron chi connectivity index (χ1n) is 8.05. The molecule has 6 nitrogen and oxygen atoms in total. The summed E-state index contributed by atoms with van der Waals surface area (Å²) < 4.78 is 55.1. The number of nitrogens with one attached hydrogen (secondary N) is 2. The molecule has 2 N–H and O–H groups in total. The lowest BCUT2D eigenvalue weighted by Crippen LogP contribution is -2.16. The zero-order valence-electron chi connectivity index (χ0n) is 14.5. The van der Waals surface area contributed by atoms with Crippen LogP contribution in [0.4, 0.5) is 11.4 Å². The summed E-state index contributed by atoms with van der Waals surface area (Å²) in [5.41, 5.74) is 1.07. The van der Waals surface area contributed by atoms with Gasteiger partial charge in [-0.15, -0.1) is 0 Å². The van der Waals surface area contributed by atoms with Crippen molar-refractivity contribution in [1.29, 1.82) is 0 Å². The zero-order chi connectivity index (χ0) is 19.5. The van der Waals surface area contributed by atoms with Crippen LogP contribution in [-0.4, -0.2) is 16.8 Å². The second-order valence-electron chi connectivity index (χ2n) is 5.82. The predicted molar refractivity (Wildman–Crippen MR) is 106 cm³/mol. The van der Waals surface area contributed by atoms with Gasteiger partial charge >= 0.3 is 0 Å². The number of hydrogen-bond donors (Lipinski definition) is 2. The van der Waals surface area contributed by atoms with Gasteiger partial charge in [-0.2, -0.15) is 0 Å². The summed E-state index contributed by atoms with van der Waals surface area (Å²) >= 11 is 0. The molecular weight excluding hydrogens is 384 g/mol. The highest BCUT2D eigenvalue weighted by atomic mass is 32.2. The van der Waals surface area contributed by atoms with Crippen LogP contribution in [0.2, 0.25) is 0 Å². The van der Waals surface area contributed by atoms with Crippen molar-refractivity contribution in [2.45, 2.75) is 16.7 Å². The monoisotopic (exact) mass is 402 g/mol. The summed E-state index contributed by atoms with van der Waals surface area (Å²) in [6, 6.07) is 20.7. The van der Waals surface area contributed by atoms with Crippen LogP contribution in [0.15, 0.2) is 88.7 Å². The molecule has 0 atom stereocenters. The molecule has 3 rings (SSSR count). The van der Waals surface area contributed by atoms with Gasteiger partial charge in [-0.25, -0.2) is 16.8 Å². The second-order valence-corrected chi connectivity index (χ2v) is 9.18. The molecule has 8 heteroatoms. The number of benzene rings is 3. The lowest BCUT2D eigenvalue weighted by atomic mass is 10.2. The quantitative estimate of drug-likeness (QED) is 0.659. The van der Waals surface area contributed by atoms with Crippen molar-refractivity contribution in [3.63, 3.8) is 0 Å². The van der Waals surface area contributed by atoms with Gasteiger partial charge in [0.2, 0.25) is 0 Å². The third-order valence-corrected chi connectivity index (χ3v) is 6.69. The summed E-state index contributed by atoms with van der Waals surface area (Å²) in [6.45, 7) is 1.64. The highest BCUT2D eigenvalue weighted by Gasteiger charge is 2.18. The topological polar surface area (TPSA) is 92.3 Å². The van der Waals surface area contributed by atoms with Crippen molar-refractivity contribution >= 4 is 31.4 Å². The van der Waals surface area contributed by atoms with Crippen molar-refractivity contribution in [1.82, 2.24) is 0 Å². The lowest BCUT2D eigenvalue weighted by Gasteiger charge is -2.15. The standard InChI is InChI=1S/C19H18N2O4S2/c1-15-18(20-26(22,23)16-9-4-2-5-10-16)13-8-14-19(15)21-27(24,25)17-11-6-3-7-12-17/h2-14,20-21H,1H3. The van der Waals surface area contributed by atoms with E-state index in [1.165, 1.54) is 24.3 Å². The fourth-order valence-electron chi connectivity index (χ4n) is 2.46. The molecular formula is C19H18N2O4S2. The Kier molecular flexibility index (Phi) is 5.20. The fourth-order valence-corrected chi connectivity index (χ4v) is 4.75. The van der Waals surface area contributed by atoms with E-state index in [0.29, 0.717) is 16.9 Å². The molecule has 0 aliphatic carbocycles. The van der Waals surface area contributed by atoms with Gasteiger partial charge in [-0.3, -0.25) is 9.44 Å². The SMILES string of the molecule is Cc1c(NS(=O)(=O)c2ccccc2)cccc1NS(=O)(=O)c1ccccc1. The number of hydrogen-bond acceptors (Lipinski definition) is 4. The molecule has 0 saturated carbocycles. The van der Waals surface area contributed by atoms with Crippen molar-refractivity contribution < 1.29 is 16.8 Å². The van der Waals surface area contributed by atoms with E-state index in [0.717, 1.165) is 0 Å². The minimum Gasteiger partial charge on any atom is -0.279 e. The molecule has 0 radical (unpaired) electrons. The van der Waals surface area contributed by atoms with Crippen LogP contribution in [0.3, 0.4) is 0 Å². The third kappa shape index (κ3) is 4.29. The summed E-state index contributed by atoms with van der Waals surface area (Å²) in [7, 11) is -7.55. The molecule has 0 heterocycles. The molecule has 27 heavy (non-hydrogen) atoms. The van der Waals surface area contributed by atoms with Crippen molar-refractivity contribution in [2.24, 2.45) is 0 Å². The fraction of sp³-hybridized carbons (Fsp3) is 0.0526.